The first kappa shape index (κ1) is 7.70. The molecule has 1 atom stereocenters. The number of aliphatic hydroxyl groups excluding tert-OH is 1. The van der Waals surface area contributed by atoms with Crippen molar-refractivity contribution in [3.05, 3.63) is 12.2 Å². The Balaban J connectivity index is 2.23. The molecule has 0 bridgehead atoms. The molecule has 3 N–H and O–H groups in total. The molecule has 2 rings (SSSR count). The summed E-state index contributed by atoms with van der Waals surface area (Å²) < 4.78 is 1.96. The lowest BCUT2D eigenvalue weighted by molar-refractivity contribution is 0.260. The highest BCUT2D eigenvalue weighted by atomic mass is 16.3. The SMILES string of the molecule is NC(CO)c1nncn1C1CC1. The van der Waals surface area contributed by atoms with Crippen LogP contribution in [0.5, 0.6) is 0 Å². The molecule has 1 heterocycles. The maximum absolute atomic E-state index is 8.83. The van der Waals surface area contributed by atoms with Gasteiger partial charge in [-0.05, 0) is 12.8 Å². The van der Waals surface area contributed by atoms with Gasteiger partial charge in [0.15, 0.2) is 5.82 Å². The lowest BCUT2D eigenvalue weighted by Crippen LogP contribution is -2.19. The first-order valence-corrected chi connectivity index (χ1v) is 4.08. The summed E-state index contributed by atoms with van der Waals surface area (Å²) >= 11 is 0. The van der Waals surface area contributed by atoms with Crippen molar-refractivity contribution in [1.29, 1.82) is 0 Å². The molecule has 5 heteroatoms. The fourth-order valence-corrected chi connectivity index (χ4v) is 1.23. The van der Waals surface area contributed by atoms with E-state index in [2.05, 4.69) is 10.2 Å². The van der Waals surface area contributed by atoms with Gasteiger partial charge in [0.2, 0.25) is 0 Å². The molecule has 12 heavy (non-hydrogen) atoms. The number of nitrogens with zero attached hydrogens (tertiary/aromatic N) is 3. The second-order valence-corrected chi connectivity index (χ2v) is 3.12. The summed E-state index contributed by atoms with van der Waals surface area (Å²) in [6.45, 7) is -0.0780. The molecule has 0 spiro atoms. The molecular weight excluding hydrogens is 156 g/mol. The van der Waals surface area contributed by atoms with Crippen LogP contribution in [0.4, 0.5) is 0 Å². The van der Waals surface area contributed by atoms with Crippen molar-refractivity contribution >= 4 is 0 Å². The molecular formula is C7H12N4O. The highest BCUT2D eigenvalue weighted by Crippen LogP contribution is 2.35. The Morgan fingerprint density at radius 3 is 3.08 bits per heavy atom. The van der Waals surface area contributed by atoms with E-state index in [-0.39, 0.29) is 6.61 Å². The van der Waals surface area contributed by atoms with Crippen molar-refractivity contribution in [2.45, 2.75) is 24.9 Å². The minimum Gasteiger partial charge on any atom is -0.394 e. The number of hydrogen-bond donors (Lipinski definition) is 2. The van der Waals surface area contributed by atoms with Gasteiger partial charge in [-0.3, -0.25) is 0 Å². The lowest BCUT2D eigenvalue weighted by Gasteiger charge is -2.08. The predicted molar refractivity (Wildman–Crippen MR) is 42.3 cm³/mol. The smallest absolute Gasteiger partial charge is 0.152 e. The average Bonchev–Trinajstić information content (AvgIpc) is 2.83. The van der Waals surface area contributed by atoms with Gasteiger partial charge in [0.1, 0.15) is 6.33 Å². The Morgan fingerprint density at radius 1 is 1.75 bits per heavy atom. The van der Waals surface area contributed by atoms with Crippen LogP contribution in [0.3, 0.4) is 0 Å². The van der Waals surface area contributed by atoms with Crippen LogP contribution in [-0.2, 0) is 0 Å². The van der Waals surface area contributed by atoms with Gasteiger partial charge in [-0.2, -0.15) is 0 Å². The second-order valence-electron chi connectivity index (χ2n) is 3.12. The normalized spacial score (nSPS) is 19.5. The van der Waals surface area contributed by atoms with Crippen LogP contribution in [0.2, 0.25) is 0 Å². The average molecular weight is 168 g/mol. The highest BCUT2D eigenvalue weighted by Gasteiger charge is 2.27. The summed E-state index contributed by atoms with van der Waals surface area (Å²) in [5.74, 6) is 0.694. The molecule has 66 valence electrons. The predicted octanol–water partition coefficient (Wildman–Crippen LogP) is -0.395. The van der Waals surface area contributed by atoms with Gasteiger partial charge in [-0.15, -0.1) is 10.2 Å². The van der Waals surface area contributed by atoms with Crippen LogP contribution < -0.4 is 5.73 Å². The molecule has 1 aromatic heterocycles. The van der Waals surface area contributed by atoms with Crippen molar-refractivity contribution in [3.8, 4) is 0 Å². The fraction of sp³-hybridized carbons (Fsp3) is 0.714. The summed E-state index contributed by atoms with van der Waals surface area (Å²) in [5.41, 5.74) is 5.63. The number of rotatable bonds is 3. The molecule has 1 aromatic rings. The summed E-state index contributed by atoms with van der Waals surface area (Å²) in [6.07, 6.45) is 4.02. The summed E-state index contributed by atoms with van der Waals surface area (Å²) in [5, 5.41) is 16.5. The van der Waals surface area contributed by atoms with Gasteiger partial charge in [0, 0.05) is 6.04 Å². The van der Waals surface area contributed by atoms with Gasteiger partial charge in [0.05, 0.1) is 12.6 Å². The van der Waals surface area contributed by atoms with E-state index in [9.17, 15) is 0 Å². The number of nitrogens with two attached hydrogens (primary N) is 1. The Kier molecular flexibility index (Phi) is 1.82. The quantitative estimate of drug-likeness (QED) is 0.644. The Morgan fingerprint density at radius 2 is 2.50 bits per heavy atom. The number of aliphatic hydroxyl groups is 1. The second kappa shape index (κ2) is 2.84. The molecule has 0 aliphatic heterocycles. The third-order valence-electron chi connectivity index (χ3n) is 2.07. The van der Waals surface area contributed by atoms with Crippen LogP contribution in [-0.4, -0.2) is 26.5 Å². The summed E-state index contributed by atoms with van der Waals surface area (Å²) in [6, 6.07) is 0.126. The van der Waals surface area contributed by atoms with Crippen molar-refractivity contribution in [3.63, 3.8) is 0 Å². The van der Waals surface area contributed by atoms with Gasteiger partial charge in [-0.25, -0.2) is 0 Å². The first-order valence-electron chi connectivity index (χ1n) is 4.08. The zero-order chi connectivity index (χ0) is 8.55. The molecule has 1 aliphatic rings. The molecule has 1 saturated carbocycles. The lowest BCUT2D eigenvalue weighted by atomic mass is 10.3. The van der Waals surface area contributed by atoms with E-state index in [0.29, 0.717) is 11.9 Å². The third kappa shape index (κ3) is 1.21. The molecule has 5 nitrogen and oxygen atoms in total. The topological polar surface area (TPSA) is 77.0 Å². The van der Waals surface area contributed by atoms with Crippen LogP contribution in [0.25, 0.3) is 0 Å². The molecule has 1 unspecified atom stereocenters. The molecule has 0 radical (unpaired) electrons. The molecule has 1 fully saturated rings. The largest absolute Gasteiger partial charge is 0.394 e. The Bertz CT molecular complexity index is 268. The standard InChI is InChI=1S/C7H12N4O/c8-6(3-12)7-10-9-4-11(7)5-1-2-5/h4-6,12H,1-3,8H2. The Hall–Kier alpha value is -0.940. The van der Waals surface area contributed by atoms with Crippen LogP contribution >= 0.6 is 0 Å². The first-order chi connectivity index (χ1) is 5.83. The third-order valence-corrected chi connectivity index (χ3v) is 2.07. The molecule has 0 amide bonds. The monoisotopic (exact) mass is 168 g/mol. The highest BCUT2D eigenvalue weighted by molar-refractivity contribution is 4.99. The van der Waals surface area contributed by atoms with E-state index >= 15 is 0 Å². The van der Waals surface area contributed by atoms with E-state index in [1.807, 2.05) is 4.57 Å². The van der Waals surface area contributed by atoms with E-state index < -0.39 is 6.04 Å². The molecule has 1 aliphatic carbocycles. The maximum Gasteiger partial charge on any atom is 0.152 e. The van der Waals surface area contributed by atoms with Gasteiger partial charge >= 0.3 is 0 Å². The molecule has 0 saturated heterocycles. The number of hydrogen-bond acceptors (Lipinski definition) is 4. The Labute approximate surface area is 70.2 Å². The zero-order valence-corrected chi connectivity index (χ0v) is 6.72. The van der Waals surface area contributed by atoms with Crippen LogP contribution in [0, 0.1) is 0 Å². The maximum atomic E-state index is 8.83. The van der Waals surface area contributed by atoms with Crippen molar-refractivity contribution in [1.82, 2.24) is 14.8 Å². The fourth-order valence-electron chi connectivity index (χ4n) is 1.23. The van der Waals surface area contributed by atoms with Gasteiger partial charge in [0.25, 0.3) is 0 Å². The summed E-state index contributed by atoms with van der Waals surface area (Å²) in [4.78, 5) is 0. The number of aromatic nitrogens is 3. The minimum absolute atomic E-state index is 0.0780. The van der Waals surface area contributed by atoms with Crippen molar-refractivity contribution in [2.75, 3.05) is 6.61 Å². The molecule has 0 aromatic carbocycles. The van der Waals surface area contributed by atoms with Gasteiger partial charge in [-0.1, -0.05) is 0 Å². The van der Waals surface area contributed by atoms with Crippen LogP contribution in [0.1, 0.15) is 30.7 Å². The van der Waals surface area contributed by atoms with Crippen molar-refractivity contribution < 1.29 is 5.11 Å². The van der Waals surface area contributed by atoms with E-state index in [4.69, 9.17) is 10.8 Å². The van der Waals surface area contributed by atoms with E-state index in [1.165, 1.54) is 12.8 Å². The van der Waals surface area contributed by atoms with E-state index in [1.54, 1.807) is 6.33 Å². The van der Waals surface area contributed by atoms with Crippen molar-refractivity contribution in [2.24, 2.45) is 5.73 Å². The van der Waals surface area contributed by atoms with Gasteiger partial charge < -0.3 is 15.4 Å². The van der Waals surface area contributed by atoms with E-state index in [0.717, 1.165) is 0 Å². The minimum atomic E-state index is -0.395. The summed E-state index contributed by atoms with van der Waals surface area (Å²) in [7, 11) is 0. The van der Waals surface area contributed by atoms with Crippen LogP contribution in [0.15, 0.2) is 6.33 Å². The zero-order valence-electron chi connectivity index (χ0n) is 6.72.